The fourth-order valence-corrected chi connectivity index (χ4v) is 2.28. The van der Waals surface area contributed by atoms with Crippen molar-refractivity contribution in [3.8, 4) is 0 Å². The zero-order valence-corrected chi connectivity index (χ0v) is 12.3. The Morgan fingerprint density at radius 1 is 1.20 bits per heavy atom. The second kappa shape index (κ2) is 7.82. The molecule has 0 radical (unpaired) electrons. The first kappa shape index (κ1) is 14.8. The largest absolute Gasteiger partial charge is 0.380 e. The van der Waals surface area contributed by atoms with Gasteiger partial charge in [-0.3, -0.25) is 5.10 Å². The molecule has 0 unspecified atom stereocenters. The highest BCUT2D eigenvalue weighted by molar-refractivity contribution is 5.26. The van der Waals surface area contributed by atoms with E-state index in [9.17, 15) is 0 Å². The summed E-state index contributed by atoms with van der Waals surface area (Å²) in [6.45, 7) is 4.64. The molecule has 0 amide bonds. The number of methoxy groups -OCH3 is 1. The van der Waals surface area contributed by atoms with Gasteiger partial charge in [-0.05, 0) is 43.0 Å². The van der Waals surface area contributed by atoms with Crippen LogP contribution in [0.3, 0.4) is 0 Å². The van der Waals surface area contributed by atoms with E-state index in [1.165, 1.54) is 22.4 Å². The van der Waals surface area contributed by atoms with Gasteiger partial charge in [-0.2, -0.15) is 5.10 Å². The zero-order valence-electron chi connectivity index (χ0n) is 12.3. The molecule has 0 aliphatic heterocycles. The maximum atomic E-state index is 5.22. The number of nitrogens with one attached hydrogen (secondary N) is 2. The van der Waals surface area contributed by atoms with Crippen molar-refractivity contribution in [1.29, 1.82) is 0 Å². The lowest BCUT2D eigenvalue weighted by Crippen LogP contribution is -2.16. The SMILES string of the molecule is COCc1ccccc1CNCCCc1cn[nH]c1C. The standard InChI is InChI=1S/C16H23N3O/c1-13-14(11-18-19-13)8-5-9-17-10-15-6-3-4-7-16(15)12-20-2/h3-4,6-7,11,17H,5,8-10,12H2,1-2H3,(H,18,19). The first-order valence-electron chi connectivity index (χ1n) is 7.06. The molecule has 0 fully saturated rings. The van der Waals surface area contributed by atoms with Gasteiger partial charge in [-0.25, -0.2) is 0 Å². The minimum Gasteiger partial charge on any atom is -0.380 e. The molecule has 0 spiro atoms. The molecular weight excluding hydrogens is 250 g/mol. The van der Waals surface area contributed by atoms with E-state index in [-0.39, 0.29) is 0 Å². The topological polar surface area (TPSA) is 49.9 Å². The monoisotopic (exact) mass is 273 g/mol. The van der Waals surface area contributed by atoms with Crippen LogP contribution in [0.2, 0.25) is 0 Å². The van der Waals surface area contributed by atoms with Crippen LogP contribution in [0.15, 0.2) is 30.5 Å². The van der Waals surface area contributed by atoms with Gasteiger partial charge in [0.15, 0.2) is 0 Å². The molecule has 20 heavy (non-hydrogen) atoms. The third kappa shape index (κ3) is 4.18. The predicted octanol–water partition coefficient (Wildman–Crippen LogP) is 2.59. The van der Waals surface area contributed by atoms with Crippen LogP contribution in [0.5, 0.6) is 0 Å². The minimum atomic E-state index is 0.673. The Labute approximate surface area is 120 Å². The van der Waals surface area contributed by atoms with Gasteiger partial charge in [0.1, 0.15) is 0 Å². The van der Waals surface area contributed by atoms with E-state index in [0.717, 1.165) is 25.9 Å². The Balaban J connectivity index is 1.72. The number of aromatic amines is 1. The van der Waals surface area contributed by atoms with Crippen LogP contribution < -0.4 is 5.32 Å². The quantitative estimate of drug-likeness (QED) is 0.727. The highest BCUT2D eigenvalue weighted by Gasteiger charge is 2.02. The number of ether oxygens (including phenoxy) is 1. The van der Waals surface area contributed by atoms with Gasteiger partial charge < -0.3 is 10.1 Å². The molecule has 108 valence electrons. The summed E-state index contributed by atoms with van der Waals surface area (Å²) in [4.78, 5) is 0. The van der Waals surface area contributed by atoms with Crippen molar-refractivity contribution in [2.45, 2.75) is 32.9 Å². The molecule has 2 rings (SSSR count). The molecule has 4 nitrogen and oxygen atoms in total. The normalized spacial score (nSPS) is 10.9. The molecule has 2 aromatic rings. The molecule has 1 heterocycles. The number of aromatic nitrogens is 2. The molecule has 2 N–H and O–H groups in total. The molecule has 0 saturated heterocycles. The summed E-state index contributed by atoms with van der Waals surface area (Å²) in [5.41, 5.74) is 5.06. The molecule has 0 bridgehead atoms. The third-order valence-corrected chi connectivity index (χ3v) is 3.47. The first-order chi connectivity index (χ1) is 9.81. The summed E-state index contributed by atoms with van der Waals surface area (Å²) in [7, 11) is 1.73. The first-order valence-corrected chi connectivity index (χ1v) is 7.06. The Hall–Kier alpha value is -1.65. The fraction of sp³-hybridized carbons (Fsp3) is 0.438. The number of benzene rings is 1. The van der Waals surface area contributed by atoms with Crippen LogP contribution in [0, 0.1) is 6.92 Å². The van der Waals surface area contributed by atoms with E-state index < -0.39 is 0 Å². The molecular formula is C16H23N3O. The van der Waals surface area contributed by atoms with Crippen molar-refractivity contribution >= 4 is 0 Å². The Kier molecular flexibility index (Phi) is 5.77. The van der Waals surface area contributed by atoms with E-state index in [1.807, 2.05) is 6.20 Å². The Morgan fingerprint density at radius 2 is 2.00 bits per heavy atom. The van der Waals surface area contributed by atoms with Gasteiger partial charge in [-0.15, -0.1) is 0 Å². The molecule has 0 aliphatic rings. The van der Waals surface area contributed by atoms with E-state index in [4.69, 9.17) is 4.74 Å². The van der Waals surface area contributed by atoms with Crippen molar-refractivity contribution in [2.75, 3.05) is 13.7 Å². The third-order valence-electron chi connectivity index (χ3n) is 3.47. The average molecular weight is 273 g/mol. The van der Waals surface area contributed by atoms with Gasteiger partial charge in [0, 0.05) is 19.3 Å². The summed E-state index contributed by atoms with van der Waals surface area (Å²) < 4.78 is 5.22. The van der Waals surface area contributed by atoms with Crippen molar-refractivity contribution in [3.63, 3.8) is 0 Å². The Bertz CT molecular complexity index is 522. The lowest BCUT2D eigenvalue weighted by molar-refractivity contribution is 0.184. The van der Waals surface area contributed by atoms with Crippen molar-refractivity contribution in [3.05, 3.63) is 52.8 Å². The molecule has 1 aromatic carbocycles. The number of hydrogen-bond donors (Lipinski definition) is 2. The van der Waals surface area contributed by atoms with Crippen LogP contribution in [0.25, 0.3) is 0 Å². The highest BCUT2D eigenvalue weighted by Crippen LogP contribution is 2.10. The van der Waals surface area contributed by atoms with Crippen LogP contribution in [-0.4, -0.2) is 23.9 Å². The van der Waals surface area contributed by atoms with Crippen LogP contribution >= 0.6 is 0 Å². The molecule has 4 heteroatoms. The molecule has 0 saturated carbocycles. The summed E-state index contributed by atoms with van der Waals surface area (Å²) in [6, 6.07) is 8.40. The number of hydrogen-bond acceptors (Lipinski definition) is 3. The van der Waals surface area contributed by atoms with Gasteiger partial charge >= 0.3 is 0 Å². The van der Waals surface area contributed by atoms with Crippen molar-refractivity contribution in [2.24, 2.45) is 0 Å². The van der Waals surface area contributed by atoms with Crippen molar-refractivity contribution < 1.29 is 4.74 Å². The molecule has 1 aromatic heterocycles. The second-order valence-corrected chi connectivity index (χ2v) is 5.00. The van der Waals surface area contributed by atoms with Gasteiger partial charge in [0.2, 0.25) is 0 Å². The number of rotatable bonds is 8. The van der Waals surface area contributed by atoms with Crippen molar-refractivity contribution in [1.82, 2.24) is 15.5 Å². The summed E-state index contributed by atoms with van der Waals surface area (Å²) >= 11 is 0. The van der Waals surface area contributed by atoms with Crippen LogP contribution in [0.1, 0.15) is 28.8 Å². The number of aryl methyl sites for hydroxylation is 2. The zero-order chi connectivity index (χ0) is 14.2. The number of H-pyrrole nitrogens is 1. The Morgan fingerprint density at radius 3 is 2.70 bits per heavy atom. The summed E-state index contributed by atoms with van der Waals surface area (Å²) in [6.07, 6.45) is 4.10. The second-order valence-electron chi connectivity index (χ2n) is 5.00. The summed E-state index contributed by atoms with van der Waals surface area (Å²) in [5, 5.41) is 10.5. The van der Waals surface area contributed by atoms with Gasteiger partial charge in [0.25, 0.3) is 0 Å². The molecule has 0 atom stereocenters. The lowest BCUT2D eigenvalue weighted by Gasteiger charge is -2.10. The van der Waals surface area contributed by atoms with Crippen LogP contribution in [0.4, 0.5) is 0 Å². The average Bonchev–Trinajstić information content (AvgIpc) is 2.86. The maximum absolute atomic E-state index is 5.22. The van der Waals surface area contributed by atoms with E-state index in [2.05, 4.69) is 46.7 Å². The van der Waals surface area contributed by atoms with E-state index in [1.54, 1.807) is 7.11 Å². The predicted molar refractivity (Wildman–Crippen MR) is 80.5 cm³/mol. The maximum Gasteiger partial charge on any atom is 0.0716 e. The van der Waals surface area contributed by atoms with E-state index >= 15 is 0 Å². The minimum absolute atomic E-state index is 0.673. The van der Waals surface area contributed by atoms with Crippen LogP contribution in [-0.2, 0) is 24.3 Å². The van der Waals surface area contributed by atoms with E-state index in [0.29, 0.717) is 6.61 Å². The molecule has 0 aliphatic carbocycles. The fourth-order valence-electron chi connectivity index (χ4n) is 2.28. The lowest BCUT2D eigenvalue weighted by atomic mass is 10.1. The highest BCUT2D eigenvalue weighted by atomic mass is 16.5. The summed E-state index contributed by atoms with van der Waals surface area (Å²) in [5.74, 6) is 0. The van der Waals surface area contributed by atoms with Gasteiger partial charge in [-0.1, -0.05) is 24.3 Å². The number of nitrogens with zero attached hydrogens (tertiary/aromatic N) is 1. The smallest absolute Gasteiger partial charge is 0.0716 e. The van der Waals surface area contributed by atoms with Gasteiger partial charge in [0.05, 0.1) is 12.8 Å².